The molecule has 0 aliphatic rings. The van der Waals surface area contributed by atoms with Gasteiger partial charge in [-0.2, -0.15) is 5.10 Å². The summed E-state index contributed by atoms with van der Waals surface area (Å²) in [5, 5.41) is 24.4. The second-order valence-corrected chi connectivity index (χ2v) is 5.55. The first kappa shape index (κ1) is 16.6. The average Bonchev–Trinajstić information content (AvgIpc) is 2.50. The summed E-state index contributed by atoms with van der Waals surface area (Å²) < 4.78 is 0.411. The Labute approximate surface area is 139 Å². The molecule has 0 fully saturated rings. The van der Waals surface area contributed by atoms with E-state index in [0.717, 1.165) is 11.8 Å². The van der Waals surface area contributed by atoms with Crippen LogP contribution in [0, 0.1) is 17.0 Å². The van der Waals surface area contributed by atoms with Crippen molar-refractivity contribution in [1.82, 2.24) is 5.43 Å². The fourth-order valence-electron chi connectivity index (χ4n) is 1.89. The van der Waals surface area contributed by atoms with Crippen molar-refractivity contribution in [3.8, 4) is 5.75 Å². The van der Waals surface area contributed by atoms with Gasteiger partial charge in [-0.1, -0.05) is 34.1 Å². The molecule has 0 atom stereocenters. The number of halogens is 1. The Kier molecular flexibility index (Phi) is 5.07. The van der Waals surface area contributed by atoms with Crippen LogP contribution in [-0.4, -0.2) is 22.2 Å². The highest BCUT2D eigenvalue weighted by Crippen LogP contribution is 2.32. The van der Waals surface area contributed by atoms with E-state index >= 15 is 0 Å². The number of benzene rings is 2. The molecule has 1 amide bonds. The van der Waals surface area contributed by atoms with Crippen molar-refractivity contribution >= 4 is 33.7 Å². The predicted molar refractivity (Wildman–Crippen MR) is 88.7 cm³/mol. The van der Waals surface area contributed by atoms with E-state index in [0.29, 0.717) is 10.0 Å². The number of hydrazone groups is 1. The molecule has 2 aromatic rings. The second-order valence-electron chi connectivity index (χ2n) is 4.63. The van der Waals surface area contributed by atoms with Crippen LogP contribution in [0.3, 0.4) is 0 Å². The summed E-state index contributed by atoms with van der Waals surface area (Å²) in [6.07, 6.45) is 1.14. The quantitative estimate of drug-likeness (QED) is 0.484. The van der Waals surface area contributed by atoms with Gasteiger partial charge in [0.25, 0.3) is 5.91 Å². The first-order valence-corrected chi connectivity index (χ1v) is 7.25. The molecule has 7 nitrogen and oxygen atoms in total. The number of amides is 1. The Morgan fingerprint density at radius 1 is 1.39 bits per heavy atom. The third-order valence-electron chi connectivity index (χ3n) is 3.04. The van der Waals surface area contributed by atoms with Crippen molar-refractivity contribution in [2.75, 3.05) is 0 Å². The molecule has 23 heavy (non-hydrogen) atoms. The number of aryl methyl sites for hydroxylation is 1. The van der Waals surface area contributed by atoms with Gasteiger partial charge >= 0.3 is 5.69 Å². The lowest BCUT2D eigenvalue weighted by Crippen LogP contribution is -2.18. The van der Waals surface area contributed by atoms with E-state index in [9.17, 15) is 20.0 Å². The number of carbonyl (C=O) groups excluding carboxylic acids is 1. The van der Waals surface area contributed by atoms with E-state index in [-0.39, 0.29) is 5.56 Å². The van der Waals surface area contributed by atoms with Gasteiger partial charge < -0.3 is 5.11 Å². The van der Waals surface area contributed by atoms with Gasteiger partial charge in [-0.15, -0.1) is 0 Å². The van der Waals surface area contributed by atoms with Crippen molar-refractivity contribution in [3.05, 3.63) is 67.7 Å². The van der Waals surface area contributed by atoms with E-state index < -0.39 is 22.3 Å². The highest BCUT2D eigenvalue weighted by molar-refractivity contribution is 9.10. The fraction of sp³-hybridized carbons (Fsp3) is 0.0667. The van der Waals surface area contributed by atoms with Gasteiger partial charge in [-0.3, -0.25) is 14.9 Å². The molecular formula is C15H12BrN3O4. The van der Waals surface area contributed by atoms with Gasteiger partial charge in [-0.05, 0) is 24.6 Å². The molecular weight excluding hydrogens is 366 g/mol. The molecule has 0 heterocycles. The second kappa shape index (κ2) is 7.01. The zero-order valence-corrected chi connectivity index (χ0v) is 13.6. The Bertz CT molecular complexity index is 805. The molecule has 2 aromatic carbocycles. The lowest BCUT2D eigenvalue weighted by molar-refractivity contribution is -0.385. The third kappa shape index (κ3) is 3.92. The average molecular weight is 378 g/mol. The number of nitro groups is 1. The largest absolute Gasteiger partial charge is 0.502 e. The highest BCUT2D eigenvalue weighted by Gasteiger charge is 2.17. The number of rotatable bonds is 4. The van der Waals surface area contributed by atoms with Crippen molar-refractivity contribution in [2.24, 2.45) is 5.10 Å². The molecule has 2 rings (SSSR count). The van der Waals surface area contributed by atoms with E-state index in [4.69, 9.17) is 0 Å². The minimum Gasteiger partial charge on any atom is -0.502 e. The van der Waals surface area contributed by atoms with Gasteiger partial charge in [0.05, 0.1) is 11.1 Å². The van der Waals surface area contributed by atoms with Crippen molar-refractivity contribution in [2.45, 2.75) is 6.92 Å². The molecule has 0 aliphatic heterocycles. The topological polar surface area (TPSA) is 105 Å². The minimum atomic E-state index is -0.705. The molecule has 0 bridgehead atoms. The Morgan fingerprint density at radius 3 is 2.74 bits per heavy atom. The third-order valence-corrected chi connectivity index (χ3v) is 3.50. The minimum absolute atomic E-state index is 0.108. The maximum Gasteiger partial charge on any atom is 0.312 e. The highest BCUT2D eigenvalue weighted by atomic mass is 79.9. The first-order chi connectivity index (χ1) is 10.9. The number of phenols is 1. The lowest BCUT2D eigenvalue weighted by Gasteiger charge is -2.04. The van der Waals surface area contributed by atoms with E-state index in [1.807, 2.05) is 6.07 Å². The van der Waals surface area contributed by atoms with Crippen LogP contribution in [0.25, 0.3) is 0 Å². The number of nitrogens with one attached hydrogen (secondary N) is 1. The van der Waals surface area contributed by atoms with Gasteiger partial charge in [0.2, 0.25) is 5.75 Å². The molecule has 2 N–H and O–H groups in total. The summed E-state index contributed by atoms with van der Waals surface area (Å²) in [5.41, 5.74) is 3.23. The zero-order valence-electron chi connectivity index (χ0n) is 12.0. The van der Waals surface area contributed by atoms with Crippen molar-refractivity contribution < 1.29 is 14.8 Å². The van der Waals surface area contributed by atoms with Crippen LogP contribution >= 0.6 is 15.9 Å². The zero-order chi connectivity index (χ0) is 17.0. The van der Waals surface area contributed by atoms with Crippen LogP contribution in [0.4, 0.5) is 5.69 Å². The van der Waals surface area contributed by atoms with Crippen LogP contribution in [0.5, 0.6) is 5.75 Å². The number of hydrogen-bond donors (Lipinski definition) is 2. The molecule has 0 spiro atoms. The number of hydrogen-bond acceptors (Lipinski definition) is 5. The van der Waals surface area contributed by atoms with Gasteiger partial charge in [0, 0.05) is 21.7 Å². The number of nitro benzene ring substituents is 1. The Balaban J connectivity index is 2.20. The molecule has 0 aromatic heterocycles. The lowest BCUT2D eigenvalue weighted by atomic mass is 10.1. The van der Waals surface area contributed by atoms with Crippen LogP contribution in [0.1, 0.15) is 21.5 Å². The monoisotopic (exact) mass is 377 g/mol. The Morgan fingerprint density at radius 2 is 2.09 bits per heavy atom. The maximum absolute atomic E-state index is 12.0. The van der Waals surface area contributed by atoms with E-state index in [1.54, 1.807) is 25.1 Å². The first-order valence-electron chi connectivity index (χ1n) is 6.46. The van der Waals surface area contributed by atoms with Crippen LogP contribution in [0.15, 0.2) is 46.0 Å². The summed E-state index contributed by atoms with van der Waals surface area (Å²) in [7, 11) is 0. The maximum atomic E-state index is 12.0. The molecule has 0 unspecified atom stereocenters. The normalized spacial score (nSPS) is 10.7. The predicted octanol–water partition coefficient (Wildman–Crippen LogP) is 3.14. The SMILES string of the molecule is Cc1ccccc1C(=O)N/N=C\c1cc(Br)cc([N+](=O)[O-])c1O. The van der Waals surface area contributed by atoms with Crippen LogP contribution < -0.4 is 5.43 Å². The van der Waals surface area contributed by atoms with Crippen molar-refractivity contribution in [3.63, 3.8) is 0 Å². The van der Waals surface area contributed by atoms with Gasteiger partial charge in [-0.25, -0.2) is 5.43 Å². The van der Waals surface area contributed by atoms with Crippen LogP contribution in [-0.2, 0) is 0 Å². The summed E-state index contributed by atoms with van der Waals surface area (Å²) in [6, 6.07) is 9.62. The van der Waals surface area contributed by atoms with Crippen LogP contribution in [0.2, 0.25) is 0 Å². The van der Waals surface area contributed by atoms with Gasteiger partial charge in [0.15, 0.2) is 0 Å². The fourth-order valence-corrected chi connectivity index (χ4v) is 2.35. The molecule has 0 saturated heterocycles. The van der Waals surface area contributed by atoms with E-state index in [2.05, 4.69) is 26.5 Å². The molecule has 0 aliphatic carbocycles. The molecule has 0 saturated carbocycles. The number of nitrogens with zero attached hydrogens (tertiary/aromatic N) is 2. The smallest absolute Gasteiger partial charge is 0.312 e. The number of aromatic hydroxyl groups is 1. The molecule has 118 valence electrons. The standard InChI is InChI=1S/C15H12BrN3O4/c1-9-4-2-3-5-12(9)15(21)18-17-8-10-6-11(16)7-13(14(10)20)19(22)23/h2-8,20H,1H3,(H,18,21)/b17-8-. The molecule has 0 radical (unpaired) electrons. The summed E-state index contributed by atoms with van der Waals surface area (Å²) in [4.78, 5) is 22.1. The Hall–Kier alpha value is -2.74. The van der Waals surface area contributed by atoms with E-state index in [1.165, 1.54) is 12.1 Å². The summed E-state index contributed by atoms with van der Waals surface area (Å²) >= 11 is 3.12. The van der Waals surface area contributed by atoms with Crippen molar-refractivity contribution in [1.29, 1.82) is 0 Å². The number of carbonyl (C=O) groups is 1. The summed E-state index contributed by atoms with van der Waals surface area (Å²) in [5.74, 6) is -0.935. The van der Waals surface area contributed by atoms with Gasteiger partial charge in [0.1, 0.15) is 0 Å². The number of phenolic OH excluding ortho intramolecular Hbond substituents is 1. The summed E-state index contributed by atoms with van der Waals surface area (Å²) in [6.45, 7) is 1.79. The molecule has 8 heteroatoms.